The van der Waals surface area contributed by atoms with E-state index in [0.29, 0.717) is 34.3 Å². The number of carbonyl (C=O) groups excluding carboxylic acids is 2. The number of hydrogen-bond acceptors (Lipinski definition) is 5. The first-order chi connectivity index (χ1) is 13.5. The number of nitrogens with zero attached hydrogens (tertiary/aromatic N) is 4. The minimum atomic E-state index is -0.189. The Morgan fingerprint density at radius 2 is 1.86 bits per heavy atom. The molecule has 28 heavy (non-hydrogen) atoms. The second kappa shape index (κ2) is 7.53. The molecule has 150 valence electrons. The van der Waals surface area contributed by atoms with Gasteiger partial charge in [-0.1, -0.05) is 24.4 Å². The highest BCUT2D eigenvalue weighted by Gasteiger charge is 2.30. The molecule has 4 rings (SSSR count). The fourth-order valence-corrected chi connectivity index (χ4v) is 4.13. The van der Waals surface area contributed by atoms with Crippen LogP contribution >= 0.6 is 0 Å². The summed E-state index contributed by atoms with van der Waals surface area (Å²) in [4.78, 5) is 33.8. The number of pyridine rings is 1. The van der Waals surface area contributed by atoms with Crippen LogP contribution in [0.3, 0.4) is 0 Å². The van der Waals surface area contributed by atoms with E-state index in [1.54, 1.807) is 7.05 Å². The zero-order valence-electron chi connectivity index (χ0n) is 16.9. The van der Waals surface area contributed by atoms with Gasteiger partial charge >= 0.3 is 0 Å². The summed E-state index contributed by atoms with van der Waals surface area (Å²) in [5.41, 5.74) is 2.46. The van der Waals surface area contributed by atoms with Crippen molar-refractivity contribution in [2.75, 3.05) is 20.6 Å². The Labute approximate surface area is 165 Å². The van der Waals surface area contributed by atoms with Gasteiger partial charge in [-0.2, -0.15) is 0 Å². The Hall–Kier alpha value is -2.44. The molecule has 0 bridgehead atoms. The summed E-state index contributed by atoms with van der Waals surface area (Å²) in [6, 6.07) is 2.15. The molecule has 2 fully saturated rings. The zero-order chi connectivity index (χ0) is 19.8. The number of rotatable bonds is 5. The fourth-order valence-electron chi connectivity index (χ4n) is 4.13. The molecule has 0 aliphatic heterocycles. The number of aryl methyl sites for hydroxylation is 1. The van der Waals surface area contributed by atoms with Crippen molar-refractivity contribution in [1.82, 2.24) is 19.9 Å². The zero-order valence-corrected chi connectivity index (χ0v) is 16.9. The smallest absolute Gasteiger partial charge is 0.259 e. The topological polar surface area (TPSA) is 79.5 Å². The molecule has 0 spiro atoms. The van der Waals surface area contributed by atoms with Gasteiger partial charge in [-0.15, -0.1) is 0 Å². The molecule has 0 atom stereocenters. The van der Waals surface area contributed by atoms with Gasteiger partial charge in [0.2, 0.25) is 5.91 Å². The highest BCUT2D eigenvalue weighted by molar-refractivity contribution is 6.06. The van der Waals surface area contributed by atoms with E-state index >= 15 is 0 Å². The second-order valence-corrected chi connectivity index (χ2v) is 8.27. The van der Waals surface area contributed by atoms with E-state index in [2.05, 4.69) is 10.1 Å². The molecular weight excluding hydrogens is 356 g/mol. The molecule has 0 unspecified atom stereocenters. The number of amides is 2. The van der Waals surface area contributed by atoms with E-state index in [1.807, 2.05) is 24.9 Å². The van der Waals surface area contributed by atoms with E-state index in [1.165, 1.54) is 24.2 Å². The molecule has 0 N–H and O–H groups in total. The third kappa shape index (κ3) is 3.62. The summed E-state index contributed by atoms with van der Waals surface area (Å²) in [5.74, 6) is 0.189. The lowest BCUT2D eigenvalue weighted by Gasteiger charge is -2.32. The van der Waals surface area contributed by atoms with Crippen LogP contribution in [0.15, 0.2) is 10.6 Å². The van der Waals surface area contributed by atoms with Crippen LogP contribution in [0.4, 0.5) is 0 Å². The van der Waals surface area contributed by atoms with Gasteiger partial charge in [0.25, 0.3) is 11.6 Å². The van der Waals surface area contributed by atoms with E-state index in [-0.39, 0.29) is 18.4 Å². The van der Waals surface area contributed by atoms with Crippen LogP contribution in [-0.4, -0.2) is 58.4 Å². The van der Waals surface area contributed by atoms with Gasteiger partial charge in [-0.3, -0.25) is 9.59 Å². The minimum Gasteiger partial charge on any atom is -0.341 e. The maximum absolute atomic E-state index is 13.2. The van der Waals surface area contributed by atoms with Gasteiger partial charge in [0.05, 0.1) is 23.2 Å². The first kappa shape index (κ1) is 18.9. The number of aromatic nitrogens is 2. The van der Waals surface area contributed by atoms with Gasteiger partial charge in [0.15, 0.2) is 0 Å². The lowest BCUT2D eigenvalue weighted by Crippen LogP contribution is -2.44. The molecule has 2 saturated carbocycles. The number of carbonyl (C=O) groups is 2. The molecule has 2 amide bonds. The monoisotopic (exact) mass is 384 g/mol. The maximum Gasteiger partial charge on any atom is 0.259 e. The average molecular weight is 384 g/mol. The summed E-state index contributed by atoms with van der Waals surface area (Å²) in [5, 5.41) is 4.63. The molecular formula is C21H28N4O3. The Balaban J connectivity index is 1.53. The first-order valence-electron chi connectivity index (χ1n) is 10.2. The standard InChI is InChI=1S/C21H28N4O3/c1-13-19-16(11-17(14-9-10-14)22-20(19)28-23-13)21(27)24(2)12-18(26)25(3)15-7-5-4-6-8-15/h11,14-15H,4-10,12H2,1-3H3. The van der Waals surface area contributed by atoms with Crippen LogP contribution in [-0.2, 0) is 4.79 Å². The van der Waals surface area contributed by atoms with E-state index in [4.69, 9.17) is 4.52 Å². The molecule has 2 aromatic rings. The molecule has 0 aromatic carbocycles. The Morgan fingerprint density at radius 3 is 2.54 bits per heavy atom. The largest absolute Gasteiger partial charge is 0.341 e. The quantitative estimate of drug-likeness (QED) is 0.790. The highest BCUT2D eigenvalue weighted by atomic mass is 16.5. The van der Waals surface area contributed by atoms with Gasteiger partial charge in [-0.25, -0.2) is 4.98 Å². The number of likely N-dealkylation sites (N-methyl/N-ethyl adjacent to an activating group) is 2. The lowest BCUT2D eigenvalue weighted by atomic mass is 9.94. The second-order valence-electron chi connectivity index (χ2n) is 8.27. The fraction of sp³-hybridized carbons (Fsp3) is 0.619. The molecule has 0 radical (unpaired) electrons. The van der Waals surface area contributed by atoms with E-state index in [9.17, 15) is 9.59 Å². The van der Waals surface area contributed by atoms with Gasteiger partial charge in [-0.05, 0) is 38.7 Å². The lowest BCUT2D eigenvalue weighted by molar-refractivity contribution is -0.133. The van der Waals surface area contributed by atoms with Crippen molar-refractivity contribution in [1.29, 1.82) is 0 Å². The van der Waals surface area contributed by atoms with Crippen LogP contribution in [0.25, 0.3) is 11.1 Å². The van der Waals surface area contributed by atoms with Crippen molar-refractivity contribution in [2.45, 2.75) is 63.8 Å². The van der Waals surface area contributed by atoms with Gasteiger partial charge in [0, 0.05) is 31.7 Å². The summed E-state index contributed by atoms with van der Waals surface area (Å²) >= 11 is 0. The Kier molecular flexibility index (Phi) is 5.08. The third-order valence-corrected chi connectivity index (χ3v) is 6.10. The molecule has 7 nitrogen and oxygen atoms in total. The van der Waals surface area contributed by atoms with Crippen molar-refractivity contribution < 1.29 is 14.1 Å². The average Bonchev–Trinajstić information content (AvgIpc) is 3.50. The Bertz CT molecular complexity index is 896. The van der Waals surface area contributed by atoms with Crippen molar-refractivity contribution in [3.05, 3.63) is 23.0 Å². The van der Waals surface area contributed by atoms with Crippen LogP contribution in [0.5, 0.6) is 0 Å². The van der Waals surface area contributed by atoms with Crippen molar-refractivity contribution in [3.8, 4) is 0 Å². The SMILES string of the molecule is Cc1noc2nc(C3CC3)cc(C(=O)N(C)CC(=O)N(C)C3CCCCC3)c12. The van der Waals surface area contributed by atoms with Crippen molar-refractivity contribution in [3.63, 3.8) is 0 Å². The predicted molar refractivity (Wildman–Crippen MR) is 105 cm³/mol. The summed E-state index contributed by atoms with van der Waals surface area (Å²) in [7, 11) is 3.54. The highest BCUT2D eigenvalue weighted by Crippen LogP contribution is 2.40. The molecule has 2 aliphatic rings. The van der Waals surface area contributed by atoms with Crippen molar-refractivity contribution >= 4 is 22.9 Å². The van der Waals surface area contributed by atoms with Gasteiger partial charge < -0.3 is 14.3 Å². The number of fused-ring (bicyclic) bond motifs is 1. The Morgan fingerprint density at radius 1 is 1.14 bits per heavy atom. The first-order valence-corrected chi connectivity index (χ1v) is 10.2. The van der Waals surface area contributed by atoms with Crippen molar-refractivity contribution in [2.24, 2.45) is 0 Å². The maximum atomic E-state index is 13.2. The summed E-state index contributed by atoms with van der Waals surface area (Å²) < 4.78 is 5.33. The molecule has 2 aliphatic carbocycles. The van der Waals surface area contributed by atoms with Gasteiger partial charge in [0.1, 0.15) is 0 Å². The third-order valence-electron chi connectivity index (χ3n) is 6.10. The molecule has 7 heteroatoms. The normalized spacial score (nSPS) is 17.7. The minimum absolute atomic E-state index is 0.0162. The molecule has 0 saturated heterocycles. The van der Waals surface area contributed by atoms with E-state index in [0.717, 1.165) is 31.4 Å². The molecule has 2 heterocycles. The van der Waals surface area contributed by atoms with Crippen LogP contribution in [0.2, 0.25) is 0 Å². The van der Waals surface area contributed by atoms with Crippen LogP contribution in [0, 0.1) is 6.92 Å². The van der Waals surface area contributed by atoms with E-state index < -0.39 is 0 Å². The van der Waals surface area contributed by atoms with Crippen LogP contribution in [0.1, 0.15) is 72.6 Å². The summed E-state index contributed by atoms with van der Waals surface area (Å²) in [6.07, 6.45) is 7.85. The predicted octanol–water partition coefficient (Wildman–Crippen LogP) is 3.27. The number of hydrogen-bond donors (Lipinski definition) is 0. The molecule has 2 aromatic heterocycles. The summed E-state index contributed by atoms with van der Waals surface area (Å²) in [6.45, 7) is 1.88. The van der Waals surface area contributed by atoms with Crippen LogP contribution < -0.4 is 0 Å².